The molecule has 0 amide bonds. The second-order valence-electron chi connectivity index (χ2n) is 7.85. The molecule has 136 valence electrons. The van der Waals surface area contributed by atoms with Gasteiger partial charge in [-0.3, -0.25) is 0 Å². The molecule has 0 heterocycles. The van der Waals surface area contributed by atoms with Crippen molar-refractivity contribution in [2.24, 2.45) is 5.92 Å². The minimum Gasteiger partial charge on any atom is -0.378 e. The van der Waals surface area contributed by atoms with Gasteiger partial charge in [-0.25, -0.2) is 0 Å². The van der Waals surface area contributed by atoms with E-state index in [0.717, 1.165) is 19.1 Å². The fraction of sp³-hybridized carbons (Fsp3) is 1.00. The Kier molecular flexibility index (Phi) is 10.3. The van der Waals surface area contributed by atoms with Crippen molar-refractivity contribution in [2.75, 3.05) is 13.2 Å². The van der Waals surface area contributed by atoms with Crippen LogP contribution in [0.4, 0.5) is 0 Å². The highest BCUT2D eigenvalue weighted by Crippen LogP contribution is 2.28. The van der Waals surface area contributed by atoms with E-state index in [9.17, 15) is 0 Å². The van der Waals surface area contributed by atoms with Gasteiger partial charge < -0.3 is 9.47 Å². The highest BCUT2D eigenvalue weighted by atomic mass is 16.5. The molecule has 2 rings (SSSR count). The molecule has 2 heteroatoms. The van der Waals surface area contributed by atoms with Crippen molar-refractivity contribution in [1.82, 2.24) is 0 Å². The SMILES string of the molecule is CCCCOC1CCCC(CCCOC2CCCCCC2)CC1. The second-order valence-corrected chi connectivity index (χ2v) is 7.85. The Morgan fingerprint density at radius 3 is 2.04 bits per heavy atom. The highest BCUT2D eigenvalue weighted by Gasteiger charge is 2.19. The number of rotatable bonds is 9. The van der Waals surface area contributed by atoms with Crippen molar-refractivity contribution in [1.29, 1.82) is 0 Å². The summed E-state index contributed by atoms with van der Waals surface area (Å²) in [5, 5.41) is 0. The maximum atomic E-state index is 6.15. The first-order valence-corrected chi connectivity index (χ1v) is 10.6. The van der Waals surface area contributed by atoms with Crippen molar-refractivity contribution in [3.8, 4) is 0 Å². The van der Waals surface area contributed by atoms with Crippen LogP contribution in [0.1, 0.15) is 103 Å². The van der Waals surface area contributed by atoms with Gasteiger partial charge in [0.15, 0.2) is 0 Å². The van der Waals surface area contributed by atoms with Gasteiger partial charge in [0.25, 0.3) is 0 Å². The van der Waals surface area contributed by atoms with Crippen LogP contribution >= 0.6 is 0 Å². The molecule has 0 aromatic carbocycles. The maximum absolute atomic E-state index is 6.15. The van der Waals surface area contributed by atoms with Crippen molar-refractivity contribution in [3.63, 3.8) is 0 Å². The third-order valence-corrected chi connectivity index (χ3v) is 5.80. The summed E-state index contributed by atoms with van der Waals surface area (Å²) in [5.41, 5.74) is 0. The Balaban J connectivity index is 1.52. The molecule has 0 aliphatic heterocycles. The van der Waals surface area contributed by atoms with E-state index in [1.807, 2.05) is 0 Å². The Morgan fingerprint density at radius 1 is 0.652 bits per heavy atom. The van der Waals surface area contributed by atoms with Gasteiger partial charge >= 0.3 is 0 Å². The lowest BCUT2D eigenvalue weighted by Gasteiger charge is -2.18. The average molecular weight is 325 g/mol. The predicted octanol–water partition coefficient (Wildman–Crippen LogP) is 6.27. The molecule has 2 unspecified atom stereocenters. The van der Waals surface area contributed by atoms with Crippen molar-refractivity contribution < 1.29 is 9.47 Å². The lowest BCUT2D eigenvalue weighted by Crippen LogP contribution is -2.14. The molecule has 2 aliphatic carbocycles. The summed E-state index contributed by atoms with van der Waals surface area (Å²) >= 11 is 0. The van der Waals surface area contributed by atoms with Gasteiger partial charge in [0.05, 0.1) is 12.2 Å². The summed E-state index contributed by atoms with van der Waals surface area (Å²) in [6.07, 6.45) is 21.2. The molecule has 2 nitrogen and oxygen atoms in total. The van der Waals surface area contributed by atoms with Crippen molar-refractivity contribution in [2.45, 2.75) is 115 Å². The molecule has 2 aliphatic rings. The van der Waals surface area contributed by atoms with E-state index in [4.69, 9.17) is 9.47 Å². The zero-order valence-electron chi connectivity index (χ0n) is 15.6. The molecule has 0 bridgehead atoms. The summed E-state index contributed by atoms with van der Waals surface area (Å²) in [6, 6.07) is 0. The standard InChI is InChI=1S/C21H40O2/c1-2-3-17-22-21-14-8-10-19(15-16-21)11-9-18-23-20-12-6-4-5-7-13-20/h19-21H,2-18H2,1H3. The summed E-state index contributed by atoms with van der Waals surface area (Å²) in [4.78, 5) is 0. The van der Waals surface area contributed by atoms with Crippen LogP contribution in [0.15, 0.2) is 0 Å². The molecular formula is C21H40O2. The second kappa shape index (κ2) is 12.3. The molecule has 0 saturated heterocycles. The molecule has 2 atom stereocenters. The van der Waals surface area contributed by atoms with Crippen LogP contribution < -0.4 is 0 Å². The fourth-order valence-corrected chi connectivity index (χ4v) is 4.22. The van der Waals surface area contributed by atoms with E-state index >= 15 is 0 Å². The molecule has 0 spiro atoms. The van der Waals surface area contributed by atoms with Crippen LogP contribution in [0, 0.1) is 5.92 Å². The third-order valence-electron chi connectivity index (χ3n) is 5.80. The smallest absolute Gasteiger partial charge is 0.0575 e. The van der Waals surface area contributed by atoms with Crippen LogP contribution in [-0.4, -0.2) is 25.4 Å². The van der Waals surface area contributed by atoms with Gasteiger partial charge in [-0.15, -0.1) is 0 Å². The van der Waals surface area contributed by atoms with E-state index in [-0.39, 0.29) is 0 Å². The number of ether oxygens (including phenoxy) is 2. The van der Waals surface area contributed by atoms with Gasteiger partial charge in [-0.1, -0.05) is 51.9 Å². The van der Waals surface area contributed by atoms with E-state index in [1.165, 1.54) is 96.3 Å². The van der Waals surface area contributed by atoms with E-state index < -0.39 is 0 Å². The van der Waals surface area contributed by atoms with Crippen LogP contribution in [0.2, 0.25) is 0 Å². The quantitative estimate of drug-likeness (QED) is 0.367. The molecule has 2 saturated carbocycles. The van der Waals surface area contributed by atoms with Crippen LogP contribution in [0.25, 0.3) is 0 Å². The predicted molar refractivity (Wildman–Crippen MR) is 97.9 cm³/mol. The molecular weight excluding hydrogens is 284 g/mol. The molecule has 23 heavy (non-hydrogen) atoms. The molecule has 0 radical (unpaired) electrons. The minimum atomic E-state index is 0.550. The van der Waals surface area contributed by atoms with Gasteiger partial charge in [-0.2, -0.15) is 0 Å². The monoisotopic (exact) mass is 324 g/mol. The van der Waals surface area contributed by atoms with Gasteiger partial charge in [-0.05, 0) is 57.3 Å². The van der Waals surface area contributed by atoms with E-state index in [2.05, 4.69) is 6.92 Å². The molecule has 2 fully saturated rings. The zero-order chi connectivity index (χ0) is 16.2. The lowest BCUT2D eigenvalue weighted by molar-refractivity contribution is 0.0368. The first-order valence-electron chi connectivity index (χ1n) is 10.6. The summed E-state index contributed by atoms with van der Waals surface area (Å²) in [6.45, 7) is 4.21. The topological polar surface area (TPSA) is 18.5 Å². The largest absolute Gasteiger partial charge is 0.378 e. The normalized spacial score (nSPS) is 27.5. The van der Waals surface area contributed by atoms with Crippen LogP contribution in [0.3, 0.4) is 0 Å². The average Bonchev–Trinajstić information content (AvgIpc) is 2.95. The summed E-state index contributed by atoms with van der Waals surface area (Å²) in [5.74, 6) is 0.924. The first kappa shape index (κ1) is 19.2. The minimum absolute atomic E-state index is 0.550. The summed E-state index contributed by atoms with van der Waals surface area (Å²) < 4.78 is 12.2. The summed E-state index contributed by atoms with van der Waals surface area (Å²) in [7, 11) is 0. The van der Waals surface area contributed by atoms with Gasteiger partial charge in [0.1, 0.15) is 0 Å². The Labute approximate surface area is 144 Å². The van der Waals surface area contributed by atoms with E-state index in [0.29, 0.717) is 12.2 Å². The molecule has 0 aromatic heterocycles. The van der Waals surface area contributed by atoms with E-state index in [1.54, 1.807) is 0 Å². The van der Waals surface area contributed by atoms with Crippen molar-refractivity contribution in [3.05, 3.63) is 0 Å². The lowest BCUT2D eigenvalue weighted by atomic mass is 9.95. The third kappa shape index (κ3) is 8.54. The fourth-order valence-electron chi connectivity index (χ4n) is 4.22. The van der Waals surface area contributed by atoms with Gasteiger partial charge in [0.2, 0.25) is 0 Å². The number of hydrogen-bond acceptors (Lipinski definition) is 2. The Morgan fingerprint density at radius 2 is 1.30 bits per heavy atom. The maximum Gasteiger partial charge on any atom is 0.0575 e. The molecule has 0 N–H and O–H groups in total. The Hall–Kier alpha value is -0.0800. The van der Waals surface area contributed by atoms with Crippen molar-refractivity contribution >= 4 is 0 Å². The number of hydrogen-bond donors (Lipinski definition) is 0. The Bertz CT molecular complexity index is 271. The van der Waals surface area contributed by atoms with Crippen LogP contribution in [-0.2, 0) is 9.47 Å². The van der Waals surface area contributed by atoms with Gasteiger partial charge in [0, 0.05) is 13.2 Å². The first-order chi connectivity index (χ1) is 11.4. The van der Waals surface area contributed by atoms with Crippen LogP contribution in [0.5, 0.6) is 0 Å². The highest BCUT2D eigenvalue weighted by molar-refractivity contribution is 4.71. The zero-order valence-corrected chi connectivity index (χ0v) is 15.6. The number of unbranched alkanes of at least 4 members (excludes halogenated alkanes) is 1. The molecule has 0 aromatic rings.